The number of nitrogens with zero attached hydrogens (tertiary/aromatic N) is 2. The van der Waals surface area contributed by atoms with Gasteiger partial charge in [-0.1, -0.05) is 0 Å². The molecular formula is C14H17N3O3. The van der Waals surface area contributed by atoms with Crippen LogP contribution in [0, 0.1) is 0 Å². The van der Waals surface area contributed by atoms with Gasteiger partial charge in [0, 0.05) is 12.8 Å². The maximum atomic E-state index is 11.8. The summed E-state index contributed by atoms with van der Waals surface area (Å²) in [6, 6.07) is 1.62. The average molecular weight is 275 g/mol. The number of ether oxygens (including phenoxy) is 1. The van der Waals surface area contributed by atoms with Gasteiger partial charge in [-0.15, -0.1) is 0 Å². The lowest BCUT2D eigenvalue weighted by atomic mass is 10.1. The predicted molar refractivity (Wildman–Crippen MR) is 72.5 cm³/mol. The van der Waals surface area contributed by atoms with E-state index in [0.717, 1.165) is 26.0 Å². The Labute approximate surface area is 116 Å². The van der Waals surface area contributed by atoms with Gasteiger partial charge in [0.05, 0.1) is 36.4 Å². The highest BCUT2D eigenvalue weighted by Gasteiger charge is 2.15. The fourth-order valence-corrected chi connectivity index (χ4v) is 2.28. The van der Waals surface area contributed by atoms with Crippen molar-refractivity contribution in [3.8, 4) is 0 Å². The summed E-state index contributed by atoms with van der Waals surface area (Å²) in [5.41, 5.74) is 1.17. The van der Waals surface area contributed by atoms with Gasteiger partial charge in [0.15, 0.2) is 0 Å². The number of rotatable bonds is 4. The molecular weight excluding hydrogens is 258 g/mol. The van der Waals surface area contributed by atoms with E-state index in [2.05, 4.69) is 10.4 Å². The lowest BCUT2D eigenvalue weighted by molar-refractivity contribution is 0.00401. The van der Waals surface area contributed by atoms with Crippen molar-refractivity contribution in [2.45, 2.75) is 31.9 Å². The zero-order valence-corrected chi connectivity index (χ0v) is 11.1. The van der Waals surface area contributed by atoms with Crippen LogP contribution in [-0.4, -0.2) is 28.4 Å². The van der Waals surface area contributed by atoms with Crippen molar-refractivity contribution in [1.29, 1.82) is 0 Å². The molecule has 1 fully saturated rings. The summed E-state index contributed by atoms with van der Waals surface area (Å²) in [5.74, 6) is -0.202. The molecule has 0 aliphatic carbocycles. The number of amides is 1. The summed E-state index contributed by atoms with van der Waals surface area (Å²) in [4.78, 5) is 11.8. The van der Waals surface area contributed by atoms with Crippen LogP contribution in [0.5, 0.6) is 0 Å². The first-order valence-electron chi connectivity index (χ1n) is 6.79. The fourth-order valence-electron chi connectivity index (χ4n) is 2.28. The molecule has 1 atom stereocenters. The Kier molecular flexibility index (Phi) is 3.83. The molecule has 6 heteroatoms. The molecule has 0 unspecified atom stereocenters. The Morgan fingerprint density at radius 1 is 1.50 bits per heavy atom. The molecule has 3 rings (SSSR count). The van der Waals surface area contributed by atoms with Crippen LogP contribution < -0.4 is 5.32 Å². The second-order valence-corrected chi connectivity index (χ2v) is 4.91. The Morgan fingerprint density at radius 2 is 2.45 bits per heavy atom. The SMILES string of the molecule is O=C(Nc1cnn(C[C@@H]2CCCCO2)c1)c1ccoc1. The molecule has 0 bridgehead atoms. The second-order valence-electron chi connectivity index (χ2n) is 4.91. The third-order valence-electron chi connectivity index (χ3n) is 3.34. The van der Waals surface area contributed by atoms with Crippen molar-refractivity contribution in [2.24, 2.45) is 0 Å². The lowest BCUT2D eigenvalue weighted by Crippen LogP contribution is -2.24. The van der Waals surface area contributed by atoms with Gasteiger partial charge in [0.2, 0.25) is 0 Å². The van der Waals surface area contributed by atoms with Crippen LogP contribution >= 0.6 is 0 Å². The summed E-state index contributed by atoms with van der Waals surface area (Å²) in [7, 11) is 0. The smallest absolute Gasteiger partial charge is 0.259 e. The van der Waals surface area contributed by atoms with E-state index in [9.17, 15) is 4.79 Å². The maximum Gasteiger partial charge on any atom is 0.259 e. The van der Waals surface area contributed by atoms with Gasteiger partial charge in [-0.05, 0) is 25.3 Å². The zero-order chi connectivity index (χ0) is 13.8. The minimum Gasteiger partial charge on any atom is -0.472 e. The summed E-state index contributed by atoms with van der Waals surface area (Å²) in [5, 5.41) is 7.02. The molecule has 2 aromatic rings. The van der Waals surface area contributed by atoms with Crippen LogP contribution in [0.2, 0.25) is 0 Å². The average Bonchev–Trinajstić information content (AvgIpc) is 3.11. The van der Waals surface area contributed by atoms with Gasteiger partial charge >= 0.3 is 0 Å². The third kappa shape index (κ3) is 3.08. The Morgan fingerprint density at radius 3 is 3.20 bits per heavy atom. The molecule has 1 saturated heterocycles. The molecule has 1 N–H and O–H groups in total. The highest BCUT2D eigenvalue weighted by atomic mass is 16.5. The summed E-state index contributed by atoms with van der Waals surface area (Å²) in [6.07, 6.45) is 9.97. The van der Waals surface area contributed by atoms with Crippen molar-refractivity contribution in [2.75, 3.05) is 11.9 Å². The first-order chi connectivity index (χ1) is 9.81. The second kappa shape index (κ2) is 5.92. The Bertz CT molecular complexity index is 556. The molecule has 0 spiro atoms. The Hall–Kier alpha value is -2.08. The molecule has 20 heavy (non-hydrogen) atoms. The topological polar surface area (TPSA) is 69.3 Å². The van der Waals surface area contributed by atoms with Gasteiger partial charge < -0.3 is 14.5 Å². The number of hydrogen-bond acceptors (Lipinski definition) is 4. The minimum absolute atomic E-state index is 0.202. The number of carbonyl (C=O) groups excluding carboxylic acids is 1. The van der Waals surface area contributed by atoms with E-state index >= 15 is 0 Å². The third-order valence-corrected chi connectivity index (χ3v) is 3.34. The van der Waals surface area contributed by atoms with Crippen molar-refractivity contribution in [3.05, 3.63) is 36.5 Å². The fraction of sp³-hybridized carbons (Fsp3) is 0.429. The molecule has 1 aliphatic heterocycles. The van der Waals surface area contributed by atoms with Crippen LogP contribution in [0.4, 0.5) is 5.69 Å². The summed E-state index contributed by atoms with van der Waals surface area (Å²) >= 11 is 0. The molecule has 0 radical (unpaired) electrons. The molecule has 3 heterocycles. The van der Waals surface area contributed by atoms with Gasteiger partial charge in [0.25, 0.3) is 5.91 Å². The number of nitrogens with one attached hydrogen (secondary N) is 1. The monoisotopic (exact) mass is 275 g/mol. The first-order valence-corrected chi connectivity index (χ1v) is 6.79. The van der Waals surface area contributed by atoms with Gasteiger partial charge in [-0.2, -0.15) is 5.10 Å². The van der Waals surface area contributed by atoms with E-state index in [4.69, 9.17) is 9.15 Å². The highest BCUT2D eigenvalue weighted by Crippen LogP contribution is 2.15. The Balaban J connectivity index is 1.57. The molecule has 2 aromatic heterocycles. The molecule has 0 saturated carbocycles. The lowest BCUT2D eigenvalue weighted by Gasteiger charge is -2.22. The summed E-state index contributed by atoms with van der Waals surface area (Å²) in [6.45, 7) is 1.55. The molecule has 6 nitrogen and oxygen atoms in total. The van der Waals surface area contributed by atoms with E-state index in [1.165, 1.54) is 18.9 Å². The highest BCUT2D eigenvalue weighted by molar-refractivity contribution is 6.03. The standard InChI is InChI=1S/C14H17N3O3/c18-14(11-4-6-19-10-11)16-12-7-15-17(8-12)9-13-3-1-2-5-20-13/h4,6-8,10,13H,1-3,5,9H2,(H,16,18)/t13-/m0/s1. The van der Waals surface area contributed by atoms with E-state index in [1.807, 2.05) is 6.20 Å². The number of carbonyl (C=O) groups is 1. The number of hydrogen-bond donors (Lipinski definition) is 1. The van der Waals surface area contributed by atoms with Gasteiger partial charge in [-0.25, -0.2) is 0 Å². The van der Waals surface area contributed by atoms with Crippen LogP contribution in [-0.2, 0) is 11.3 Å². The normalized spacial score (nSPS) is 18.9. The van der Waals surface area contributed by atoms with Crippen LogP contribution in [0.15, 0.2) is 35.4 Å². The van der Waals surface area contributed by atoms with E-state index in [-0.39, 0.29) is 12.0 Å². The van der Waals surface area contributed by atoms with Gasteiger partial charge in [0.1, 0.15) is 6.26 Å². The molecule has 0 aromatic carbocycles. The zero-order valence-electron chi connectivity index (χ0n) is 11.1. The predicted octanol–water partition coefficient (Wildman–Crippen LogP) is 2.30. The van der Waals surface area contributed by atoms with Crippen molar-refractivity contribution >= 4 is 11.6 Å². The van der Waals surface area contributed by atoms with Crippen LogP contribution in [0.1, 0.15) is 29.6 Å². The van der Waals surface area contributed by atoms with Crippen molar-refractivity contribution in [3.63, 3.8) is 0 Å². The molecule has 1 aliphatic rings. The first kappa shape index (κ1) is 12.9. The quantitative estimate of drug-likeness (QED) is 0.929. The number of aromatic nitrogens is 2. The minimum atomic E-state index is -0.202. The van der Waals surface area contributed by atoms with Crippen LogP contribution in [0.25, 0.3) is 0 Å². The maximum absolute atomic E-state index is 11.8. The number of anilines is 1. The summed E-state index contributed by atoms with van der Waals surface area (Å²) < 4.78 is 12.4. The molecule has 1 amide bonds. The van der Waals surface area contributed by atoms with E-state index in [1.54, 1.807) is 16.9 Å². The van der Waals surface area contributed by atoms with E-state index in [0.29, 0.717) is 11.3 Å². The van der Waals surface area contributed by atoms with Gasteiger partial charge in [-0.3, -0.25) is 9.48 Å². The van der Waals surface area contributed by atoms with Crippen LogP contribution in [0.3, 0.4) is 0 Å². The van der Waals surface area contributed by atoms with Crippen molar-refractivity contribution in [1.82, 2.24) is 9.78 Å². The van der Waals surface area contributed by atoms with Crippen molar-refractivity contribution < 1.29 is 13.9 Å². The number of furan rings is 1. The van der Waals surface area contributed by atoms with E-state index < -0.39 is 0 Å². The molecule has 106 valence electrons. The largest absolute Gasteiger partial charge is 0.472 e.